The van der Waals surface area contributed by atoms with Crippen LogP contribution < -0.4 is 0 Å². The molecule has 0 aromatic heterocycles. The molecule has 0 rings (SSSR count). The Labute approximate surface area is 79.4 Å². The average Bonchev–Trinajstić information content (AvgIpc) is 2.14. The van der Waals surface area contributed by atoms with E-state index in [4.69, 9.17) is 9.47 Å². The molecule has 76 valence electrons. The molecular weight excluding hydrogens is 171 g/mol. The monoisotopic (exact) mass is 188 g/mol. The number of alkyl halides is 1. The van der Waals surface area contributed by atoms with Crippen molar-refractivity contribution in [3.63, 3.8) is 0 Å². The zero-order valence-electron chi connectivity index (χ0n) is 8.47. The van der Waals surface area contributed by atoms with E-state index in [9.17, 15) is 4.39 Å². The molecule has 0 bridgehead atoms. The Bertz CT molecular complexity index is 165. The van der Waals surface area contributed by atoms with Gasteiger partial charge < -0.3 is 9.47 Å². The lowest BCUT2D eigenvalue weighted by molar-refractivity contribution is -0.0971. The van der Waals surface area contributed by atoms with Crippen molar-refractivity contribution < 1.29 is 13.9 Å². The summed E-state index contributed by atoms with van der Waals surface area (Å²) in [5.41, 5.74) is 0. The molecule has 2 nitrogen and oxygen atoms in total. The minimum Gasteiger partial charge on any atom is -0.342 e. The second-order valence-electron chi connectivity index (χ2n) is 2.41. The highest BCUT2D eigenvalue weighted by Gasteiger charge is 2.03. The summed E-state index contributed by atoms with van der Waals surface area (Å²) in [4.78, 5) is 0. The third kappa shape index (κ3) is 6.56. The Hall–Kier alpha value is -0.590. The minimum atomic E-state index is -1.08. The van der Waals surface area contributed by atoms with E-state index in [1.807, 2.05) is 13.8 Å². The summed E-state index contributed by atoms with van der Waals surface area (Å²) in [6.45, 7) is 6.47. The van der Waals surface area contributed by atoms with Gasteiger partial charge in [-0.05, 0) is 26.2 Å². The van der Waals surface area contributed by atoms with Crippen LogP contribution in [0.25, 0.3) is 0 Å². The highest BCUT2D eigenvalue weighted by molar-refractivity contribution is 5.06. The predicted octanol–water partition coefficient (Wildman–Crippen LogP) is 2.14. The molecule has 1 atom stereocenters. The minimum absolute atomic E-state index is 0.401. The van der Waals surface area contributed by atoms with Gasteiger partial charge in [-0.3, -0.25) is 0 Å². The summed E-state index contributed by atoms with van der Waals surface area (Å²) in [5, 5.41) is 0. The molecule has 0 aliphatic heterocycles. The van der Waals surface area contributed by atoms with E-state index < -0.39 is 12.5 Å². The molecular formula is C10H17FO2. The van der Waals surface area contributed by atoms with Crippen molar-refractivity contribution in [2.75, 3.05) is 13.2 Å². The van der Waals surface area contributed by atoms with E-state index in [-0.39, 0.29) is 0 Å². The summed E-state index contributed by atoms with van der Waals surface area (Å²) >= 11 is 0. The van der Waals surface area contributed by atoms with Crippen LogP contribution in [0.15, 0.2) is 0 Å². The Balaban J connectivity index is 3.95. The zero-order valence-corrected chi connectivity index (χ0v) is 8.47. The number of halogens is 1. The highest BCUT2D eigenvalue weighted by atomic mass is 19.1. The van der Waals surface area contributed by atoms with Gasteiger partial charge in [0.05, 0.1) is 0 Å². The third-order valence-corrected chi connectivity index (χ3v) is 1.35. The highest BCUT2D eigenvalue weighted by Crippen LogP contribution is 1.96. The van der Waals surface area contributed by atoms with Gasteiger partial charge in [0.15, 0.2) is 6.17 Å². The standard InChI is InChI=1S/C10H17FO2/c1-4-9(11)7-8-10(12-5-2)13-6-3/h9-10H,4-6H2,1-3H3/t9-/m1/s1. The fourth-order valence-corrected chi connectivity index (χ4v) is 0.695. The SMILES string of the molecule is CCOC(C#C[C@H](F)CC)OCC. The molecule has 0 aromatic carbocycles. The predicted molar refractivity (Wildman–Crippen MR) is 50.0 cm³/mol. The van der Waals surface area contributed by atoms with E-state index in [0.717, 1.165) is 0 Å². The van der Waals surface area contributed by atoms with Crippen LogP contribution in [-0.4, -0.2) is 25.7 Å². The molecule has 0 unspecified atom stereocenters. The smallest absolute Gasteiger partial charge is 0.222 e. The summed E-state index contributed by atoms with van der Waals surface area (Å²) < 4.78 is 22.9. The van der Waals surface area contributed by atoms with Gasteiger partial charge in [-0.15, -0.1) is 0 Å². The van der Waals surface area contributed by atoms with Gasteiger partial charge in [-0.2, -0.15) is 0 Å². The first-order valence-electron chi connectivity index (χ1n) is 4.62. The molecule has 0 N–H and O–H groups in total. The zero-order chi connectivity index (χ0) is 10.1. The van der Waals surface area contributed by atoms with Crippen LogP contribution >= 0.6 is 0 Å². The Morgan fingerprint density at radius 3 is 2.00 bits per heavy atom. The fourth-order valence-electron chi connectivity index (χ4n) is 0.695. The summed E-state index contributed by atoms with van der Waals surface area (Å²) in [5.74, 6) is 5.04. The van der Waals surface area contributed by atoms with Crippen LogP contribution in [0, 0.1) is 11.8 Å². The van der Waals surface area contributed by atoms with Crippen molar-refractivity contribution in [3.8, 4) is 11.8 Å². The maximum absolute atomic E-state index is 12.7. The van der Waals surface area contributed by atoms with Crippen molar-refractivity contribution in [1.82, 2.24) is 0 Å². The van der Waals surface area contributed by atoms with Gasteiger partial charge in [-0.1, -0.05) is 12.8 Å². The molecule has 0 radical (unpaired) electrons. The van der Waals surface area contributed by atoms with Crippen LogP contribution in [0.1, 0.15) is 27.2 Å². The third-order valence-electron chi connectivity index (χ3n) is 1.35. The lowest BCUT2D eigenvalue weighted by Gasteiger charge is -2.09. The lowest BCUT2D eigenvalue weighted by atomic mass is 10.3. The number of hydrogen-bond acceptors (Lipinski definition) is 2. The second-order valence-corrected chi connectivity index (χ2v) is 2.41. The van der Waals surface area contributed by atoms with E-state index >= 15 is 0 Å². The lowest BCUT2D eigenvalue weighted by Crippen LogP contribution is -2.15. The average molecular weight is 188 g/mol. The van der Waals surface area contributed by atoms with Gasteiger partial charge in [0.25, 0.3) is 0 Å². The van der Waals surface area contributed by atoms with Gasteiger partial charge >= 0.3 is 0 Å². The molecule has 0 amide bonds. The van der Waals surface area contributed by atoms with Gasteiger partial charge in [0.2, 0.25) is 6.29 Å². The van der Waals surface area contributed by atoms with Gasteiger partial charge in [0, 0.05) is 13.2 Å². The molecule has 0 fully saturated rings. The van der Waals surface area contributed by atoms with Crippen molar-refractivity contribution in [2.24, 2.45) is 0 Å². The van der Waals surface area contributed by atoms with Gasteiger partial charge in [-0.25, -0.2) is 4.39 Å². The summed E-state index contributed by atoms with van der Waals surface area (Å²) in [7, 11) is 0. The van der Waals surface area contributed by atoms with E-state index in [1.165, 1.54) is 0 Å². The fraction of sp³-hybridized carbons (Fsp3) is 0.800. The maximum Gasteiger partial charge on any atom is 0.222 e. The number of ether oxygens (including phenoxy) is 2. The first kappa shape index (κ1) is 12.4. The van der Waals surface area contributed by atoms with E-state index in [0.29, 0.717) is 19.6 Å². The van der Waals surface area contributed by atoms with Crippen molar-refractivity contribution >= 4 is 0 Å². The van der Waals surface area contributed by atoms with E-state index in [2.05, 4.69) is 11.8 Å². The van der Waals surface area contributed by atoms with Crippen molar-refractivity contribution in [3.05, 3.63) is 0 Å². The molecule has 0 saturated carbocycles. The van der Waals surface area contributed by atoms with E-state index in [1.54, 1.807) is 6.92 Å². The molecule has 0 aliphatic rings. The van der Waals surface area contributed by atoms with Crippen LogP contribution in [0.5, 0.6) is 0 Å². The van der Waals surface area contributed by atoms with Crippen LogP contribution in [-0.2, 0) is 9.47 Å². The first-order chi connectivity index (χ1) is 6.24. The van der Waals surface area contributed by atoms with Gasteiger partial charge in [0.1, 0.15) is 0 Å². The van der Waals surface area contributed by atoms with Crippen LogP contribution in [0.4, 0.5) is 4.39 Å². The topological polar surface area (TPSA) is 18.5 Å². The van der Waals surface area contributed by atoms with Crippen molar-refractivity contribution in [2.45, 2.75) is 39.7 Å². The molecule has 0 saturated heterocycles. The Morgan fingerprint density at radius 1 is 1.08 bits per heavy atom. The maximum atomic E-state index is 12.7. The molecule has 0 heterocycles. The largest absolute Gasteiger partial charge is 0.342 e. The summed E-state index contributed by atoms with van der Waals surface area (Å²) in [6.07, 6.45) is -1.26. The first-order valence-corrected chi connectivity index (χ1v) is 4.62. The molecule has 0 aliphatic carbocycles. The Morgan fingerprint density at radius 2 is 1.62 bits per heavy atom. The number of rotatable bonds is 5. The summed E-state index contributed by atoms with van der Waals surface area (Å²) in [6, 6.07) is 0. The van der Waals surface area contributed by atoms with Crippen LogP contribution in [0.2, 0.25) is 0 Å². The quantitative estimate of drug-likeness (QED) is 0.486. The molecule has 13 heavy (non-hydrogen) atoms. The molecule has 3 heteroatoms. The molecule has 0 aromatic rings. The Kier molecular flexibility index (Phi) is 7.66. The number of hydrogen-bond donors (Lipinski definition) is 0. The second kappa shape index (κ2) is 8.03. The molecule has 0 spiro atoms. The van der Waals surface area contributed by atoms with Crippen LogP contribution in [0.3, 0.4) is 0 Å². The van der Waals surface area contributed by atoms with Crippen molar-refractivity contribution in [1.29, 1.82) is 0 Å². The normalized spacial score (nSPS) is 12.4.